The summed E-state index contributed by atoms with van der Waals surface area (Å²) in [4.78, 5) is 20.3. The predicted octanol–water partition coefficient (Wildman–Crippen LogP) is 2.72. The molecule has 3 aromatic rings. The molecular formula is C19H17N5O2S2. The van der Waals surface area contributed by atoms with Gasteiger partial charge in [-0.1, -0.05) is 24.4 Å². The van der Waals surface area contributed by atoms with Gasteiger partial charge in [-0.25, -0.2) is 4.98 Å². The van der Waals surface area contributed by atoms with E-state index in [4.69, 9.17) is 28.9 Å². The van der Waals surface area contributed by atoms with Crippen molar-refractivity contribution in [3.8, 4) is 6.07 Å². The molecule has 3 heterocycles. The van der Waals surface area contributed by atoms with E-state index < -0.39 is 11.9 Å². The standard InChI is InChI=1S/C19H17N5O2S2/c1-23(2)19(28)16(27)9-12-11-24-7-3-5-13(17(24)21-12)18(25)22-14(10-20)15-6-4-8-26-15/h3-8,11,14H,9H2,1-2H3,(H,22,25). The maximum Gasteiger partial charge on any atom is 0.256 e. The summed E-state index contributed by atoms with van der Waals surface area (Å²) in [5.41, 5.74) is 1.53. The monoisotopic (exact) mass is 411 g/mol. The zero-order valence-corrected chi connectivity index (χ0v) is 16.9. The second-order valence-corrected chi connectivity index (χ2v) is 7.12. The maximum absolute atomic E-state index is 12.7. The number of hydrogen-bond donors (Lipinski definition) is 1. The van der Waals surface area contributed by atoms with E-state index >= 15 is 0 Å². The lowest BCUT2D eigenvalue weighted by Gasteiger charge is -2.13. The van der Waals surface area contributed by atoms with Crippen molar-refractivity contribution >= 4 is 45.8 Å². The average molecular weight is 412 g/mol. The first-order valence-corrected chi connectivity index (χ1v) is 9.17. The van der Waals surface area contributed by atoms with Crippen molar-refractivity contribution in [2.24, 2.45) is 0 Å². The summed E-state index contributed by atoms with van der Waals surface area (Å²) in [6, 6.07) is 7.82. The van der Waals surface area contributed by atoms with E-state index in [-0.39, 0.29) is 0 Å². The largest absolute Gasteiger partial charge is 0.466 e. The predicted molar refractivity (Wildman–Crippen MR) is 112 cm³/mol. The minimum absolute atomic E-state index is 0.349. The van der Waals surface area contributed by atoms with E-state index in [0.717, 1.165) is 0 Å². The zero-order valence-electron chi connectivity index (χ0n) is 15.2. The van der Waals surface area contributed by atoms with E-state index in [0.29, 0.717) is 38.9 Å². The first-order chi connectivity index (χ1) is 13.4. The molecule has 0 aliphatic heterocycles. The van der Waals surface area contributed by atoms with Crippen molar-refractivity contribution in [1.82, 2.24) is 19.6 Å². The number of hydrogen-bond acceptors (Lipinski definition) is 6. The number of nitriles is 1. The van der Waals surface area contributed by atoms with Gasteiger partial charge in [0.15, 0.2) is 6.04 Å². The lowest BCUT2D eigenvalue weighted by atomic mass is 10.2. The molecule has 3 aromatic heterocycles. The summed E-state index contributed by atoms with van der Waals surface area (Å²) in [5, 5.41) is 12.0. The minimum atomic E-state index is -0.887. The molecule has 9 heteroatoms. The van der Waals surface area contributed by atoms with Gasteiger partial charge in [0.1, 0.15) is 16.4 Å². The number of fused-ring (bicyclic) bond motifs is 1. The second-order valence-electron chi connectivity index (χ2n) is 6.24. The quantitative estimate of drug-likeness (QED) is 0.624. The van der Waals surface area contributed by atoms with Crippen LogP contribution in [-0.4, -0.2) is 44.1 Å². The Hall–Kier alpha value is -3.09. The van der Waals surface area contributed by atoms with E-state index in [1.165, 1.54) is 6.26 Å². The van der Waals surface area contributed by atoms with Gasteiger partial charge in [0.05, 0.1) is 28.5 Å². The average Bonchev–Trinajstić information content (AvgIpc) is 3.33. The molecular weight excluding hydrogens is 394 g/mol. The van der Waals surface area contributed by atoms with Gasteiger partial charge in [-0.2, -0.15) is 5.26 Å². The Kier molecular flexibility index (Phi) is 5.82. The van der Waals surface area contributed by atoms with Crippen LogP contribution in [0, 0.1) is 11.3 Å². The van der Waals surface area contributed by atoms with E-state index in [1.807, 2.05) is 26.4 Å². The lowest BCUT2D eigenvalue weighted by Crippen LogP contribution is -2.28. The molecule has 0 saturated heterocycles. The minimum Gasteiger partial charge on any atom is -0.466 e. The third kappa shape index (κ3) is 4.08. The molecule has 1 amide bonds. The Morgan fingerprint density at radius 3 is 2.82 bits per heavy atom. The van der Waals surface area contributed by atoms with Crippen molar-refractivity contribution in [3.05, 3.63) is 59.9 Å². The van der Waals surface area contributed by atoms with E-state index in [9.17, 15) is 10.1 Å². The Labute approximate surface area is 172 Å². The van der Waals surface area contributed by atoms with Crippen LogP contribution in [0.25, 0.3) is 5.65 Å². The molecule has 7 nitrogen and oxygen atoms in total. The number of amides is 1. The van der Waals surface area contributed by atoms with Crippen molar-refractivity contribution < 1.29 is 9.21 Å². The van der Waals surface area contributed by atoms with Crippen LogP contribution in [0.15, 0.2) is 47.3 Å². The topological polar surface area (TPSA) is 86.6 Å². The Morgan fingerprint density at radius 1 is 1.39 bits per heavy atom. The normalized spacial score (nSPS) is 11.6. The zero-order chi connectivity index (χ0) is 20.3. The Bertz CT molecular complexity index is 1080. The smallest absolute Gasteiger partial charge is 0.256 e. The first kappa shape index (κ1) is 19.7. The first-order valence-electron chi connectivity index (χ1n) is 8.35. The lowest BCUT2D eigenvalue weighted by molar-refractivity contribution is 0.0942. The molecule has 0 aliphatic rings. The summed E-state index contributed by atoms with van der Waals surface area (Å²) < 4.78 is 6.96. The number of furan rings is 1. The fourth-order valence-electron chi connectivity index (χ4n) is 2.65. The number of thiocarbonyl (C=S) groups is 2. The Balaban J connectivity index is 1.85. The van der Waals surface area contributed by atoms with Crippen LogP contribution in [-0.2, 0) is 6.42 Å². The highest BCUT2D eigenvalue weighted by Crippen LogP contribution is 2.16. The van der Waals surface area contributed by atoms with Gasteiger partial charge >= 0.3 is 0 Å². The molecule has 0 radical (unpaired) electrons. The number of imidazole rings is 1. The van der Waals surface area contributed by atoms with Crippen molar-refractivity contribution in [2.45, 2.75) is 12.5 Å². The summed E-state index contributed by atoms with van der Waals surface area (Å²) in [7, 11) is 3.68. The van der Waals surface area contributed by atoms with Crippen LogP contribution in [0.5, 0.6) is 0 Å². The number of aromatic nitrogens is 2. The van der Waals surface area contributed by atoms with Gasteiger partial charge in [0.25, 0.3) is 5.91 Å². The van der Waals surface area contributed by atoms with Gasteiger partial charge in [-0.05, 0) is 24.3 Å². The van der Waals surface area contributed by atoms with Gasteiger partial charge in [-0.15, -0.1) is 0 Å². The third-order valence-electron chi connectivity index (χ3n) is 4.00. The van der Waals surface area contributed by atoms with E-state index in [2.05, 4.69) is 10.3 Å². The van der Waals surface area contributed by atoms with Crippen LogP contribution in [0.4, 0.5) is 0 Å². The Morgan fingerprint density at radius 2 is 2.18 bits per heavy atom. The third-order valence-corrected chi connectivity index (χ3v) is 5.07. The molecule has 0 aliphatic carbocycles. The molecule has 0 saturated carbocycles. The fraction of sp³-hybridized carbons (Fsp3) is 0.211. The van der Waals surface area contributed by atoms with Crippen molar-refractivity contribution in [2.75, 3.05) is 14.1 Å². The van der Waals surface area contributed by atoms with Crippen LogP contribution in [0.1, 0.15) is 27.9 Å². The molecule has 1 N–H and O–H groups in total. The summed E-state index contributed by atoms with van der Waals surface area (Å²) >= 11 is 10.7. The van der Waals surface area contributed by atoms with Crippen LogP contribution in [0.3, 0.4) is 0 Å². The second kappa shape index (κ2) is 8.29. The van der Waals surface area contributed by atoms with E-state index in [1.54, 1.807) is 39.8 Å². The number of nitrogens with zero attached hydrogens (tertiary/aromatic N) is 4. The van der Waals surface area contributed by atoms with Crippen molar-refractivity contribution in [3.63, 3.8) is 0 Å². The number of pyridine rings is 1. The molecule has 1 unspecified atom stereocenters. The summed E-state index contributed by atoms with van der Waals surface area (Å²) in [5.74, 6) is -0.0496. The van der Waals surface area contributed by atoms with Crippen molar-refractivity contribution in [1.29, 1.82) is 5.26 Å². The van der Waals surface area contributed by atoms with Crippen LogP contribution in [0.2, 0.25) is 0 Å². The highest BCUT2D eigenvalue weighted by molar-refractivity contribution is 7.89. The highest BCUT2D eigenvalue weighted by Gasteiger charge is 2.20. The van der Waals surface area contributed by atoms with Gasteiger partial charge < -0.3 is 19.0 Å². The molecule has 142 valence electrons. The summed E-state index contributed by atoms with van der Waals surface area (Å²) in [6.07, 6.45) is 5.46. The molecule has 0 bridgehead atoms. The maximum atomic E-state index is 12.7. The molecule has 0 fully saturated rings. The molecule has 0 aromatic carbocycles. The highest BCUT2D eigenvalue weighted by atomic mass is 32.1. The molecule has 1 atom stereocenters. The number of rotatable bonds is 6. The molecule has 3 rings (SSSR count). The molecule has 28 heavy (non-hydrogen) atoms. The summed E-state index contributed by atoms with van der Waals surface area (Å²) in [6.45, 7) is 0. The fourth-order valence-corrected chi connectivity index (χ4v) is 3.05. The number of nitrogens with one attached hydrogen (secondary N) is 1. The SMILES string of the molecule is CN(C)C(=S)C(=S)Cc1cn2cccc(C(=O)NC(C#N)c3ccco3)c2n1. The van der Waals surface area contributed by atoms with Gasteiger partial charge in [-0.3, -0.25) is 4.79 Å². The molecule has 0 spiro atoms. The van der Waals surface area contributed by atoms with Crippen LogP contribution >= 0.6 is 24.4 Å². The number of carbonyl (C=O) groups is 1. The van der Waals surface area contributed by atoms with Gasteiger partial charge in [0, 0.05) is 32.9 Å². The number of carbonyl (C=O) groups excluding carboxylic acids is 1. The van der Waals surface area contributed by atoms with Gasteiger partial charge in [0.2, 0.25) is 0 Å². The van der Waals surface area contributed by atoms with Crippen LogP contribution < -0.4 is 5.32 Å².